The number of fused-ring (bicyclic) bond motifs is 1. The number of hydrogen-bond donors (Lipinski definition) is 2. The van der Waals surface area contributed by atoms with Crippen molar-refractivity contribution in [1.29, 1.82) is 0 Å². The summed E-state index contributed by atoms with van der Waals surface area (Å²) in [5, 5.41) is 6.16. The lowest BCUT2D eigenvalue weighted by atomic mass is 9.88. The minimum Gasteiger partial charge on any atom is -0.497 e. The van der Waals surface area contributed by atoms with E-state index in [9.17, 15) is 9.59 Å². The van der Waals surface area contributed by atoms with E-state index in [-0.39, 0.29) is 30.4 Å². The third-order valence-corrected chi connectivity index (χ3v) is 6.08. The topological polar surface area (TPSA) is 70.7 Å². The van der Waals surface area contributed by atoms with Crippen molar-refractivity contribution in [1.82, 2.24) is 10.2 Å². The maximum Gasteiger partial charge on any atom is 0.241 e. The van der Waals surface area contributed by atoms with Crippen LogP contribution in [0.5, 0.6) is 5.75 Å². The zero-order valence-corrected chi connectivity index (χ0v) is 17.4. The fraction of sp³-hybridized carbons (Fsp3) is 0.417. The van der Waals surface area contributed by atoms with Crippen molar-refractivity contribution < 1.29 is 14.3 Å². The summed E-state index contributed by atoms with van der Waals surface area (Å²) < 4.78 is 5.15. The molecule has 2 atom stereocenters. The van der Waals surface area contributed by atoms with E-state index in [0.717, 1.165) is 50.1 Å². The maximum atomic E-state index is 12.8. The van der Waals surface area contributed by atoms with Gasteiger partial charge in [0, 0.05) is 5.69 Å². The number of rotatable bonds is 6. The first-order valence-electron chi connectivity index (χ1n) is 10.7. The summed E-state index contributed by atoms with van der Waals surface area (Å²) in [4.78, 5) is 27.6. The number of hydrogen-bond acceptors (Lipinski definition) is 4. The van der Waals surface area contributed by atoms with Gasteiger partial charge in [0.2, 0.25) is 11.8 Å². The SMILES string of the molecule is COc1ccc(NC(=O)[C@@H]2CCCN2CC(=O)N[C@@H]2CCCc3ccccc32)cc1. The summed E-state index contributed by atoms with van der Waals surface area (Å²) in [5.41, 5.74) is 3.29. The molecule has 6 heteroatoms. The molecule has 2 aromatic rings. The van der Waals surface area contributed by atoms with Crippen molar-refractivity contribution in [3.63, 3.8) is 0 Å². The van der Waals surface area contributed by atoms with Crippen LogP contribution in [0.25, 0.3) is 0 Å². The molecule has 0 bridgehead atoms. The molecular formula is C24H29N3O3. The summed E-state index contributed by atoms with van der Waals surface area (Å²) in [6, 6.07) is 15.4. The Bertz CT molecular complexity index is 897. The first-order chi connectivity index (χ1) is 14.6. The number of carbonyl (C=O) groups excluding carboxylic acids is 2. The summed E-state index contributed by atoms with van der Waals surface area (Å²) >= 11 is 0. The number of benzene rings is 2. The van der Waals surface area contributed by atoms with Gasteiger partial charge in [0.05, 0.1) is 25.7 Å². The normalized spacial score (nSPS) is 21.0. The van der Waals surface area contributed by atoms with Crippen LogP contribution >= 0.6 is 0 Å². The number of ether oxygens (including phenoxy) is 1. The van der Waals surface area contributed by atoms with Gasteiger partial charge in [-0.25, -0.2) is 0 Å². The van der Waals surface area contributed by atoms with Crippen molar-refractivity contribution in [2.24, 2.45) is 0 Å². The number of carbonyl (C=O) groups is 2. The molecule has 2 amide bonds. The monoisotopic (exact) mass is 407 g/mol. The standard InChI is InChI=1S/C24H29N3O3/c1-30-19-13-11-18(12-14-19)25-24(29)22-10-5-15-27(22)16-23(28)26-21-9-4-7-17-6-2-3-8-20(17)21/h2-3,6,8,11-14,21-22H,4-5,7,9-10,15-16H2,1H3,(H,25,29)(H,26,28)/t21-,22+/m1/s1. The molecule has 1 fully saturated rings. The fourth-order valence-corrected chi connectivity index (χ4v) is 4.54. The first-order valence-corrected chi connectivity index (χ1v) is 10.7. The highest BCUT2D eigenvalue weighted by atomic mass is 16.5. The molecule has 0 aromatic heterocycles. The number of nitrogens with one attached hydrogen (secondary N) is 2. The van der Waals surface area contributed by atoms with Crippen molar-refractivity contribution in [3.05, 3.63) is 59.7 Å². The Morgan fingerprint density at radius 3 is 2.67 bits per heavy atom. The Hall–Kier alpha value is -2.86. The molecule has 2 N–H and O–H groups in total. The van der Waals surface area contributed by atoms with Crippen LogP contribution in [0.15, 0.2) is 48.5 Å². The zero-order chi connectivity index (χ0) is 20.9. The second-order valence-corrected chi connectivity index (χ2v) is 8.06. The minimum atomic E-state index is -0.281. The molecule has 0 unspecified atom stereocenters. The average Bonchev–Trinajstić information content (AvgIpc) is 3.22. The lowest BCUT2D eigenvalue weighted by Crippen LogP contribution is -2.45. The lowest BCUT2D eigenvalue weighted by Gasteiger charge is -2.28. The van der Waals surface area contributed by atoms with Crippen LogP contribution in [0.1, 0.15) is 42.9 Å². The molecular weight excluding hydrogens is 378 g/mol. The van der Waals surface area contributed by atoms with Gasteiger partial charge in [0.25, 0.3) is 0 Å². The van der Waals surface area contributed by atoms with Gasteiger partial charge in [-0.2, -0.15) is 0 Å². The minimum absolute atomic E-state index is 0.0131. The predicted molar refractivity (Wildman–Crippen MR) is 116 cm³/mol. The Morgan fingerprint density at radius 1 is 1.07 bits per heavy atom. The van der Waals surface area contributed by atoms with Crippen LogP contribution in [-0.2, 0) is 16.0 Å². The molecule has 0 spiro atoms. The van der Waals surface area contributed by atoms with Gasteiger partial charge in [-0.05, 0) is 74.0 Å². The summed E-state index contributed by atoms with van der Waals surface area (Å²) in [6.07, 6.45) is 4.80. The molecule has 6 nitrogen and oxygen atoms in total. The van der Waals surface area contributed by atoms with Gasteiger partial charge >= 0.3 is 0 Å². The number of amides is 2. The smallest absolute Gasteiger partial charge is 0.241 e. The molecule has 1 aliphatic carbocycles. The van der Waals surface area contributed by atoms with Crippen LogP contribution in [0, 0.1) is 0 Å². The van der Waals surface area contributed by atoms with E-state index >= 15 is 0 Å². The van der Waals surface area contributed by atoms with Crippen molar-refractivity contribution in [3.8, 4) is 5.75 Å². The van der Waals surface area contributed by atoms with E-state index in [1.54, 1.807) is 7.11 Å². The van der Waals surface area contributed by atoms with Crippen LogP contribution in [0.4, 0.5) is 5.69 Å². The van der Waals surface area contributed by atoms with E-state index < -0.39 is 0 Å². The van der Waals surface area contributed by atoms with Crippen LogP contribution in [0.2, 0.25) is 0 Å². The van der Waals surface area contributed by atoms with E-state index in [1.165, 1.54) is 11.1 Å². The summed E-state index contributed by atoms with van der Waals surface area (Å²) in [7, 11) is 1.61. The predicted octanol–water partition coefficient (Wildman–Crippen LogP) is 3.29. The van der Waals surface area contributed by atoms with E-state index in [0.29, 0.717) is 0 Å². The Labute approximate surface area is 177 Å². The number of nitrogens with zero attached hydrogens (tertiary/aromatic N) is 1. The molecule has 30 heavy (non-hydrogen) atoms. The second kappa shape index (κ2) is 9.30. The van der Waals surface area contributed by atoms with Gasteiger partial charge < -0.3 is 15.4 Å². The highest BCUT2D eigenvalue weighted by molar-refractivity contribution is 5.95. The molecule has 1 heterocycles. The zero-order valence-electron chi connectivity index (χ0n) is 17.4. The summed E-state index contributed by atoms with van der Waals surface area (Å²) in [5.74, 6) is 0.672. The van der Waals surface area contributed by atoms with Gasteiger partial charge in [-0.1, -0.05) is 24.3 Å². The molecule has 2 aromatic carbocycles. The number of methoxy groups -OCH3 is 1. The molecule has 0 radical (unpaired) electrons. The Morgan fingerprint density at radius 2 is 1.87 bits per heavy atom. The number of aryl methyl sites for hydroxylation is 1. The molecule has 0 saturated carbocycles. The largest absolute Gasteiger partial charge is 0.497 e. The highest BCUT2D eigenvalue weighted by Gasteiger charge is 2.32. The average molecular weight is 408 g/mol. The van der Waals surface area contributed by atoms with Crippen molar-refractivity contribution in [2.75, 3.05) is 25.5 Å². The molecule has 1 aliphatic heterocycles. The van der Waals surface area contributed by atoms with E-state index in [4.69, 9.17) is 4.74 Å². The van der Waals surface area contributed by atoms with Gasteiger partial charge in [0.15, 0.2) is 0 Å². The fourth-order valence-electron chi connectivity index (χ4n) is 4.54. The van der Waals surface area contributed by atoms with E-state index in [2.05, 4.69) is 28.8 Å². The molecule has 4 rings (SSSR count). The van der Waals surface area contributed by atoms with Gasteiger partial charge in [-0.15, -0.1) is 0 Å². The summed E-state index contributed by atoms with van der Waals surface area (Å²) in [6.45, 7) is 1.01. The maximum absolute atomic E-state index is 12.8. The quantitative estimate of drug-likeness (QED) is 0.771. The third kappa shape index (κ3) is 4.65. The number of likely N-dealkylation sites (tertiary alicyclic amines) is 1. The van der Waals surface area contributed by atoms with Gasteiger partial charge in [-0.3, -0.25) is 14.5 Å². The first kappa shape index (κ1) is 20.4. The second-order valence-electron chi connectivity index (χ2n) is 8.06. The molecule has 2 aliphatic rings. The van der Waals surface area contributed by atoms with Crippen LogP contribution < -0.4 is 15.4 Å². The number of anilines is 1. The van der Waals surface area contributed by atoms with Crippen molar-refractivity contribution in [2.45, 2.75) is 44.2 Å². The van der Waals surface area contributed by atoms with Crippen LogP contribution in [0.3, 0.4) is 0 Å². The highest BCUT2D eigenvalue weighted by Crippen LogP contribution is 2.29. The Kier molecular flexibility index (Phi) is 6.33. The van der Waals surface area contributed by atoms with Gasteiger partial charge in [0.1, 0.15) is 5.75 Å². The van der Waals surface area contributed by atoms with Crippen molar-refractivity contribution >= 4 is 17.5 Å². The lowest BCUT2D eigenvalue weighted by molar-refractivity contribution is -0.125. The van der Waals surface area contributed by atoms with E-state index in [1.807, 2.05) is 35.2 Å². The molecule has 158 valence electrons. The Balaban J connectivity index is 1.34. The third-order valence-electron chi connectivity index (χ3n) is 6.08. The van der Waals surface area contributed by atoms with Crippen LogP contribution in [-0.4, -0.2) is 43.0 Å². The molecule has 1 saturated heterocycles.